The summed E-state index contributed by atoms with van der Waals surface area (Å²) in [5.74, 6) is 0.443. The molecule has 2 N–H and O–H groups in total. The predicted octanol–water partition coefficient (Wildman–Crippen LogP) is 2.65. The first-order valence-corrected chi connectivity index (χ1v) is 5.98. The van der Waals surface area contributed by atoms with Gasteiger partial charge in [-0.05, 0) is 38.2 Å². The second kappa shape index (κ2) is 5.64. The van der Waals surface area contributed by atoms with Crippen LogP contribution in [-0.2, 0) is 0 Å². The van der Waals surface area contributed by atoms with Crippen molar-refractivity contribution in [1.82, 2.24) is 4.90 Å². The standard InChI is InChI=1S/C12H19BrN2/c1-9(8-14)12(15(2)3)10-6-4-5-7-11(10)13/h4-7,9,12H,8,14H2,1-3H3. The van der Waals surface area contributed by atoms with Gasteiger partial charge >= 0.3 is 0 Å². The molecule has 0 aromatic heterocycles. The van der Waals surface area contributed by atoms with Gasteiger partial charge in [-0.15, -0.1) is 0 Å². The fourth-order valence-electron chi connectivity index (χ4n) is 1.94. The number of hydrogen-bond acceptors (Lipinski definition) is 2. The molecule has 0 amide bonds. The van der Waals surface area contributed by atoms with Gasteiger partial charge in [0.25, 0.3) is 0 Å². The maximum Gasteiger partial charge on any atom is 0.0390 e. The highest BCUT2D eigenvalue weighted by Crippen LogP contribution is 2.31. The Labute approximate surface area is 101 Å². The third-order valence-electron chi connectivity index (χ3n) is 2.69. The van der Waals surface area contributed by atoms with Gasteiger partial charge in [0.15, 0.2) is 0 Å². The highest BCUT2D eigenvalue weighted by atomic mass is 79.9. The summed E-state index contributed by atoms with van der Waals surface area (Å²) in [6, 6.07) is 8.70. The Bertz CT molecular complexity index is 312. The number of rotatable bonds is 4. The normalized spacial score (nSPS) is 15.3. The van der Waals surface area contributed by atoms with E-state index in [2.05, 4.69) is 60.0 Å². The minimum Gasteiger partial charge on any atom is -0.330 e. The van der Waals surface area contributed by atoms with Crippen LogP contribution in [0.5, 0.6) is 0 Å². The molecule has 0 heterocycles. The van der Waals surface area contributed by atoms with Gasteiger partial charge in [0.2, 0.25) is 0 Å². The summed E-state index contributed by atoms with van der Waals surface area (Å²) in [7, 11) is 4.19. The van der Waals surface area contributed by atoms with Crippen molar-refractivity contribution in [3.63, 3.8) is 0 Å². The van der Waals surface area contributed by atoms with Crippen LogP contribution in [-0.4, -0.2) is 25.5 Å². The molecule has 0 spiro atoms. The molecule has 2 atom stereocenters. The smallest absolute Gasteiger partial charge is 0.0390 e. The predicted molar refractivity (Wildman–Crippen MR) is 68.8 cm³/mol. The lowest BCUT2D eigenvalue weighted by Gasteiger charge is -2.30. The van der Waals surface area contributed by atoms with Crippen molar-refractivity contribution in [1.29, 1.82) is 0 Å². The van der Waals surface area contributed by atoms with Crippen LogP contribution in [0.4, 0.5) is 0 Å². The Hall–Kier alpha value is -0.380. The topological polar surface area (TPSA) is 29.3 Å². The molecule has 84 valence electrons. The Balaban J connectivity index is 3.04. The first kappa shape index (κ1) is 12.7. The fraction of sp³-hybridized carbons (Fsp3) is 0.500. The molecule has 0 aliphatic heterocycles. The van der Waals surface area contributed by atoms with E-state index in [0.29, 0.717) is 18.5 Å². The Kier molecular flexibility index (Phi) is 4.77. The lowest BCUT2D eigenvalue weighted by Crippen LogP contribution is -2.30. The maximum atomic E-state index is 5.76. The van der Waals surface area contributed by atoms with Crippen LogP contribution < -0.4 is 5.73 Å². The number of halogens is 1. The van der Waals surface area contributed by atoms with Gasteiger partial charge in [-0.1, -0.05) is 41.1 Å². The summed E-state index contributed by atoms with van der Waals surface area (Å²) in [6.45, 7) is 2.88. The monoisotopic (exact) mass is 270 g/mol. The van der Waals surface area contributed by atoms with Crippen LogP contribution >= 0.6 is 15.9 Å². The van der Waals surface area contributed by atoms with Crippen LogP contribution in [0.1, 0.15) is 18.5 Å². The van der Waals surface area contributed by atoms with E-state index in [-0.39, 0.29) is 0 Å². The summed E-state index contributed by atoms with van der Waals surface area (Å²) in [6.07, 6.45) is 0. The average Bonchev–Trinajstić information content (AvgIpc) is 2.20. The lowest BCUT2D eigenvalue weighted by molar-refractivity contribution is 0.227. The van der Waals surface area contributed by atoms with Gasteiger partial charge in [-0.25, -0.2) is 0 Å². The van der Waals surface area contributed by atoms with Crippen molar-refractivity contribution in [2.45, 2.75) is 13.0 Å². The minimum atomic E-state index is 0.366. The molecule has 0 aliphatic carbocycles. The summed E-state index contributed by atoms with van der Waals surface area (Å²) >= 11 is 3.60. The molecular formula is C12H19BrN2. The third kappa shape index (κ3) is 3.03. The number of hydrogen-bond donors (Lipinski definition) is 1. The summed E-state index contributed by atoms with van der Waals surface area (Å²) in [5.41, 5.74) is 7.06. The first-order valence-electron chi connectivity index (χ1n) is 5.18. The Morgan fingerprint density at radius 1 is 1.33 bits per heavy atom. The second-order valence-electron chi connectivity index (χ2n) is 4.14. The van der Waals surface area contributed by atoms with Crippen LogP contribution in [0.15, 0.2) is 28.7 Å². The molecule has 0 saturated heterocycles. The van der Waals surface area contributed by atoms with Crippen LogP contribution in [0.3, 0.4) is 0 Å². The lowest BCUT2D eigenvalue weighted by atomic mass is 9.94. The summed E-state index contributed by atoms with van der Waals surface area (Å²) in [4.78, 5) is 2.22. The molecule has 0 saturated carbocycles. The van der Waals surface area contributed by atoms with Crippen LogP contribution in [0, 0.1) is 5.92 Å². The molecule has 2 nitrogen and oxygen atoms in total. The number of nitrogens with zero attached hydrogens (tertiary/aromatic N) is 1. The van der Waals surface area contributed by atoms with Gasteiger partial charge in [0, 0.05) is 10.5 Å². The van der Waals surface area contributed by atoms with Crippen molar-refractivity contribution in [2.75, 3.05) is 20.6 Å². The zero-order valence-corrected chi connectivity index (χ0v) is 11.2. The van der Waals surface area contributed by atoms with E-state index in [0.717, 1.165) is 4.47 Å². The van der Waals surface area contributed by atoms with E-state index in [1.165, 1.54) is 5.56 Å². The van der Waals surface area contributed by atoms with E-state index in [1.54, 1.807) is 0 Å². The molecule has 0 radical (unpaired) electrons. The highest BCUT2D eigenvalue weighted by molar-refractivity contribution is 9.10. The highest BCUT2D eigenvalue weighted by Gasteiger charge is 2.21. The third-order valence-corrected chi connectivity index (χ3v) is 3.41. The number of nitrogens with two attached hydrogens (primary N) is 1. The SMILES string of the molecule is CC(CN)C(c1ccccc1Br)N(C)C. The fourth-order valence-corrected chi connectivity index (χ4v) is 2.46. The van der Waals surface area contributed by atoms with Crippen LogP contribution in [0.25, 0.3) is 0 Å². The van der Waals surface area contributed by atoms with E-state index < -0.39 is 0 Å². The van der Waals surface area contributed by atoms with Crippen LogP contribution in [0.2, 0.25) is 0 Å². The molecule has 0 fully saturated rings. The molecule has 15 heavy (non-hydrogen) atoms. The summed E-state index contributed by atoms with van der Waals surface area (Å²) in [5, 5.41) is 0. The van der Waals surface area contributed by atoms with Gasteiger partial charge in [-0.3, -0.25) is 0 Å². The molecule has 3 heteroatoms. The van der Waals surface area contributed by atoms with Crippen molar-refractivity contribution in [2.24, 2.45) is 11.7 Å². The van der Waals surface area contributed by atoms with Gasteiger partial charge in [0.1, 0.15) is 0 Å². The average molecular weight is 271 g/mol. The molecule has 2 unspecified atom stereocenters. The largest absolute Gasteiger partial charge is 0.330 e. The zero-order valence-electron chi connectivity index (χ0n) is 9.57. The van der Waals surface area contributed by atoms with E-state index in [1.807, 2.05) is 6.07 Å². The Morgan fingerprint density at radius 2 is 1.93 bits per heavy atom. The van der Waals surface area contributed by atoms with Crippen molar-refractivity contribution in [3.8, 4) is 0 Å². The van der Waals surface area contributed by atoms with Gasteiger partial charge < -0.3 is 10.6 Å². The first-order chi connectivity index (χ1) is 7.07. The molecule has 1 rings (SSSR count). The maximum absolute atomic E-state index is 5.76. The second-order valence-corrected chi connectivity index (χ2v) is 5.00. The molecule has 0 bridgehead atoms. The Morgan fingerprint density at radius 3 is 2.40 bits per heavy atom. The van der Waals surface area contributed by atoms with Crippen molar-refractivity contribution < 1.29 is 0 Å². The van der Waals surface area contributed by atoms with E-state index >= 15 is 0 Å². The molecule has 1 aromatic rings. The summed E-state index contributed by atoms with van der Waals surface area (Å²) < 4.78 is 1.16. The molecular weight excluding hydrogens is 252 g/mol. The van der Waals surface area contributed by atoms with E-state index in [4.69, 9.17) is 5.73 Å². The quantitative estimate of drug-likeness (QED) is 0.912. The van der Waals surface area contributed by atoms with E-state index in [9.17, 15) is 0 Å². The van der Waals surface area contributed by atoms with Gasteiger partial charge in [0.05, 0.1) is 0 Å². The number of benzene rings is 1. The minimum absolute atomic E-state index is 0.366. The molecule has 1 aromatic carbocycles. The molecule has 0 aliphatic rings. The van der Waals surface area contributed by atoms with Crippen molar-refractivity contribution in [3.05, 3.63) is 34.3 Å². The van der Waals surface area contributed by atoms with Gasteiger partial charge in [-0.2, -0.15) is 0 Å². The zero-order chi connectivity index (χ0) is 11.4. The van der Waals surface area contributed by atoms with Crippen molar-refractivity contribution >= 4 is 15.9 Å².